The summed E-state index contributed by atoms with van der Waals surface area (Å²) in [6.45, 7) is 5.27. The van der Waals surface area contributed by atoms with Crippen LogP contribution < -0.4 is 16.6 Å². The summed E-state index contributed by atoms with van der Waals surface area (Å²) in [6.07, 6.45) is 1.50. The molecule has 0 aliphatic heterocycles. The minimum atomic E-state index is -0.485. The van der Waals surface area contributed by atoms with E-state index in [4.69, 9.17) is 5.84 Å². The molecular weight excluding hydrogens is 262 g/mol. The largest absolute Gasteiger partial charge is 0.353 e. The molecule has 2 amide bonds. The van der Waals surface area contributed by atoms with E-state index < -0.39 is 5.91 Å². The third-order valence-corrected chi connectivity index (χ3v) is 2.48. The SMILES string of the molecule is CC(C)NC(=O)CN(C)CCn1cc(C(=O)NN)nn1. The number of aromatic nitrogens is 3. The van der Waals surface area contributed by atoms with Crippen molar-refractivity contribution in [1.82, 2.24) is 30.6 Å². The Kier molecular flexibility index (Phi) is 6.07. The molecule has 0 aliphatic rings. The molecule has 112 valence electrons. The third-order valence-electron chi connectivity index (χ3n) is 2.48. The molecule has 0 aliphatic carbocycles. The van der Waals surface area contributed by atoms with Gasteiger partial charge in [-0.05, 0) is 20.9 Å². The number of carbonyl (C=O) groups excluding carboxylic acids is 2. The lowest BCUT2D eigenvalue weighted by atomic mass is 10.4. The Bertz CT molecular complexity index is 457. The summed E-state index contributed by atoms with van der Waals surface area (Å²) < 4.78 is 1.53. The first kappa shape index (κ1) is 16.1. The van der Waals surface area contributed by atoms with E-state index in [0.717, 1.165) is 0 Å². The van der Waals surface area contributed by atoms with Gasteiger partial charge in [0.15, 0.2) is 5.69 Å². The van der Waals surface area contributed by atoms with Crippen molar-refractivity contribution < 1.29 is 9.59 Å². The van der Waals surface area contributed by atoms with Crippen LogP contribution in [0.2, 0.25) is 0 Å². The second kappa shape index (κ2) is 7.56. The Morgan fingerprint density at radius 1 is 1.50 bits per heavy atom. The van der Waals surface area contributed by atoms with Crippen LogP contribution in [0.15, 0.2) is 6.20 Å². The summed E-state index contributed by atoms with van der Waals surface area (Å²) in [5.74, 6) is 4.49. The Labute approximate surface area is 117 Å². The number of hydrogen-bond donors (Lipinski definition) is 3. The average Bonchev–Trinajstić information content (AvgIpc) is 2.83. The van der Waals surface area contributed by atoms with Gasteiger partial charge in [0.2, 0.25) is 5.91 Å². The van der Waals surface area contributed by atoms with Crippen molar-refractivity contribution in [2.75, 3.05) is 20.1 Å². The lowest BCUT2D eigenvalue weighted by molar-refractivity contribution is -0.122. The summed E-state index contributed by atoms with van der Waals surface area (Å²) in [5.41, 5.74) is 2.15. The van der Waals surface area contributed by atoms with Gasteiger partial charge in [0, 0.05) is 12.6 Å². The van der Waals surface area contributed by atoms with Gasteiger partial charge in [-0.15, -0.1) is 5.10 Å². The molecule has 4 N–H and O–H groups in total. The van der Waals surface area contributed by atoms with Crippen LogP contribution in [0.3, 0.4) is 0 Å². The Morgan fingerprint density at radius 2 is 2.20 bits per heavy atom. The highest BCUT2D eigenvalue weighted by atomic mass is 16.2. The fourth-order valence-corrected chi connectivity index (χ4v) is 1.55. The lowest BCUT2D eigenvalue weighted by Gasteiger charge is -2.17. The van der Waals surface area contributed by atoms with Crippen molar-refractivity contribution >= 4 is 11.8 Å². The van der Waals surface area contributed by atoms with Crippen molar-refractivity contribution in [2.24, 2.45) is 5.84 Å². The zero-order valence-electron chi connectivity index (χ0n) is 12.0. The highest BCUT2D eigenvalue weighted by molar-refractivity contribution is 5.91. The van der Waals surface area contributed by atoms with Crippen LogP contribution in [0.1, 0.15) is 24.3 Å². The minimum absolute atomic E-state index is 0.0238. The summed E-state index contributed by atoms with van der Waals surface area (Å²) in [5, 5.41) is 10.3. The van der Waals surface area contributed by atoms with E-state index in [1.54, 1.807) is 0 Å². The third kappa shape index (κ3) is 5.33. The number of rotatable bonds is 7. The highest BCUT2D eigenvalue weighted by Gasteiger charge is 2.10. The molecule has 0 saturated heterocycles. The van der Waals surface area contributed by atoms with Crippen LogP contribution in [0, 0.1) is 0 Å². The molecule has 20 heavy (non-hydrogen) atoms. The number of carbonyl (C=O) groups is 2. The first-order valence-corrected chi connectivity index (χ1v) is 6.31. The maximum absolute atomic E-state index is 11.6. The highest BCUT2D eigenvalue weighted by Crippen LogP contribution is 1.93. The van der Waals surface area contributed by atoms with E-state index in [2.05, 4.69) is 15.6 Å². The van der Waals surface area contributed by atoms with Crippen LogP contribution in [0.25, 0.3) is 0 Å². The van der Waals surface area contributed by atoms with Crippen molar-refractivity contribution in [3.63, 3.8) is 0 Å². The predicted octanol–water partition coefficient (Wildman–Crippen LogP) is -1.66. The standard InChI is InChI=1S/C11H21N7O2/c1-8(2)13-10(19)7-17(3)4-5-18-6-9(15-16-18)11(20)14-12/h6,8H,4-5,7,12H2,1-3H3,(H,13,19)(H,14,20). The number of amides is 2. The fraction of sp³-hybridized carbons (Fsp3) is 0.636. The van der Waals surface area contributed by atoms with Crippen molar-refractivity contribution in [3.8, 4) is 0 Å². The average molecular weight is 283 g/mol. The van der Waals surface area contributed by atoms with Crippen molar-refractivity contribution in [1.29, 1.82) is 0 Å². The van der Waals surface area contributed by atoms with Gasteiger partial charge >= 0.3 is 0 Å². The summed E-state index contributed by atoms with van der Waals surface area (Å²) >= 11 is 0. The number of nitrogens with zero attached hydrogens (tertiary/aromatic N) is 4. The molecule has 0 unspecified atom stereocenters. The maximum atomic E-state index is 11.6. The van der Waals surface area contributed by atoms with E-state index in [1.807, 2.05) is 31.2 Å². The maximum Gasteiger partial charge on any atom is 0.287 e. The number of likely N-dealkylation sites (N-methyl/N-ethyl adjacent to an activating group) is 1. The van der Waals surface area contributed by atoms with Gasteiger partial charge in [0.1, 0.15) is 0 Å². The molecule has 9 nitrogen and oxygen atoms in total. The minimum Gasteiger partial charge on any atom is -0.353 e. The van der Waals surface area contributed by atoms with Gasteiger partial charge in [0.25, 0.3) is 5.91 Å². The number of hydrazine groups is 1. The van der Waals surface area contributed by atoms with Crippen LogP contribution >= 0.6 is 0 Å². The first-order chi connectivity index (χ1) is 9.42. The molecule has 0 fully saturated rings. The van der Waals surface area contributed by atoms with E-state index in [1.165, 1.54) is 10.9 Å². The zero-order chi connectivity index (χ0) is 15.1. The van der Waals surface area contributed by atoms with E-state index in [9.17, 15) is 9.59 Å². The Balaban J connectivity index is 2.37. The molecule has 1 aromatic rings. The number of nitrogens with one attached hydrogen (secondary N) is 2. The molecule has 0 spiro atoms. The lowest BCUT2D eigenvalue weighted by Crippen LogP contribution is -2.39. The molecule has 0 bridgehead atoms. The van der Waals surface area contributed by atoms with E-state index in [0.29, 0.717) is 19.6 Å². The zero-order valence-corrected chi connectivity index (χ0v) is 12.0. The summed E-state index contributed by atoms with van der Waals surface area (Å²) in [7, 11) is 1.84. The molecule has 1 rings (SSSR count). The topological polar surface area (TPSA) is 118 Å². The second-order valence-corrected chi connectivity index (χ2v) is 4.80. The summed E-state index contributed by atoms with van der Waals surface area (Å²) in [4.78, 5) is 24.6. The van der Waals surface area contributed by atoms with Gasteiger partial charge in [-0.25, -0.2) is 5.84 Å². The first-order valence-electron chi connectivity index (χ1n) is 6.31. The molecular formula is C11H21N7O2. The number of nitrogen functional groups attached to an aromatic ring is 1. The molecule has 0 atom stereocenters. The normalized spacial score (nSPS) is 10.9. The predicted molar refractivity (Wildman–Crippen MR) is 72.5 cm³/mol. The van der Waals surface area contributed by atoms with Crippen molar-refractivity contribution in [3.05, 3.63) is 11.9 Å². The molecule has 9 heteroatoms. The van der Waals surface area contributed by atoms with Crippen molar-refractivity contribution in [2.45, 2.75) is 26.4 Å². The monoisotopic (exact) mass is 283 g/mol. The molecule has 1 heterocycles. The van der Waals surface area contributed by atoms with Gasteiger partial charge in [-0.2, -0.15) is 0 Å². The quantitative estimate of drug-likeness (QED) is 0.313. The second-order valence-electron chi connectivity index (χ2n) is 4.80. The molecule has 0 radical (unpaired) electrons. The van der Waals surface area contributed by atoms with Gasteiger partial charge in [-0.3, -0.25) is 24.6 Å². The van der Waals surface area contributed by atoms with Gasteiger partial charge in [-0.1, -0.05) is 5.21 Å². The van der Waals surface area contributed by atoms with Gasteiger partial charge in [0.05, 0.1) is 19.3 Å². The molecule has 1 aromatic heterocycles. The Morgan fingerprint density at radius 3 is 2.80 bits per heavy atom. The number of hydrogen-bond acceptors (Lipinski definition) is 6. The van der Waals surface area contributed by atoms with E-state index in [-0.39, 0.29) is 17.6 Å². The number of nitrogens with two attached hydrogens (primary N) is 1. The van der Waals surface area contributed by atoms with Crippen LogP contribution in [0.5, 0.6) is 0 Å². The van der Waals surface area contributed by atoms with Crippen LogP contribution in [-0.4, -0.2) is 57.9 Å². The fourth-order valence-electron chi connectivity index (χ4n) is 1.55. The van der Waals surface area contributed by atoms with E-state index >= 15 is 0 Å². The smallest absolute Gasteiger partial charge is 0.287 e. The summed E-state index contributed by atoms with van der Waals surface area (Å²) in [6, 6.07) is 0.128. The Hall–Kier alpha value is -2.00. The van der Waals surface area contributed by atoms with Crippen LogP contribution in [-0.2, 0) is 11.3 Å². The molecule has 0 saturated carbocycles. The van der Waals surface area contributed by atoms with Gasteiger partial charge < -0.3 is 5.32 Å². The van der Waals surface area contributed by atoms with Crippen LogP contribution in [0.4, 0.5) is 0 Å². The molecule has 0 aromatic carbocycles.